The highest BCUT2D eigenvalue weighted by Crippen LogP contribution is 2.38. The van der Waals surface area contributed by atoms with E-state index >= 15 is 0 Å². The second-order valence-corrected chi connectivity index (χ2v) is 7.62. The summed E-state index contributed by atoms with van der Waals surface area (Å²) in [6, 6.07) is 0.577. The monoisotopic (exact) mass is 309 g/mol. The van der Waals surface area contributed by atoms with Crippen LogP contribution in [0.4, 0.5) is 5.69 Å². The Bertz CT molecular complexity index is 475. The molecule has 0 aromatic carbocycles. The van der Waals surface area contributed by atoms with E-state index in [4.69, 9.17) is 11.6 Å². The Kier molecular flexibility index (Phi) is 5.13. The van der Waals surface area contributed by atoms with Crippen LogP contribution in [0.2, 0.25) is 0 Å². The van der Waals surface area contributed by atoms with Gasteiger partial charge in [-0.25, -0.2) is 9.97 Å². The van der Waals surface area contributed by atoms with Crippen molar-refractivity contribution in [1.29, 1.82) is 0 Å². The van der Waals surface area contributed by atoms with E-state index in [0.29, 0.717) is 23.3 Å². The fraction of sp³-hybridized carbons (Fsp3) is 0.765. The molecule has 0 N–H and O–H groups in total. The summed E-state index contributed by atoms with van der Waals surface area (Å²) in [6.45, 7) is 8.96. The molecule has 21 heavy (non-hydrogen) atoms. The molecule has 0 spiro atoms. The molecule has 2 rings (SSSR count). The van der Waals surface area contributed by atoms with Crippen LogP contribution in [0.5, 0.6) is 0 Å². The lowest BCUT2D eigenvalue weighted by Crippen LogP contribution is -2.37. The summed E-state index contributed by atoms with van der Waals surface area (Å²) >= 11 is 6.12. The molecule has 0 atom stereocenters. The minimum Gasteiger partial charge on any atom is -0.369 e. The molecule has 3 nitrogen and oxygen atoms in total. The van der Waals surface area contributed by atoms with Crippen molar-refractivity contribution in [2.24, 2.45) is 5.41 Å². The van der Waals surface area contributed by atoms with Gasteiger partial charge in [0.05, 0.1) is 23.5 Å². The Morgan fingerprint density at radius 1 is 1.33 bits per heavy atom. The first-order valence-corrected chi connectivity index (χ1v) is 8.52. The van der Waals surface area contributed by atoms with Crippen LogP contribution in [-0.2, 0) is 5.88 Å². The molecule has 0 amide bonds. The quantitative estimate of drug-likeness (QED) is 0.752. The van der Waals surface area contributed by atoms with Crippen LogP contribution in [0, 0.1) is 5.41 Å². The number of nitrogens with zero attached hydrogens (tertiary/aromatic N) is 3. The predicted octanol–water partition coefficient (Wildman–Crippen LogP) is 4.74. The summed E-state index contributed by atoms with van der Waals surface area (Å²) in [5.41, 5.74) is 2.55. The van der Waals surface area contributed by atoms with Gasteiger partial charge in [0.2, 0.25) is 0 Å². The number of anilines is 1. The zero-order valence-corrected chi connectivity index (χ0v) is 14.7. The number of hydrogen-bond donors (Lipinski definition) is 0. The lowest BCUT2D eigenvalue weighted by atomic mass is 9.75. The van der Waals surface area contributed by atoms with Crippen molar-refractivity contribution in [3.63, 3.8) is 0 Å². The molecule has 1 aromatic heterocycles. The molecule has 1 heterocycles. The van der Waals surface area contributed by atoms with Crippen LogP contribution in [0.25, 0.3) is 0 Å². The zero-order valence-electron chi connectivity index (χ0n) is 14.0. The minimum atomic E-state index is 0.335. The van der Waals surface area contributed by atoms with Gasteiger partial charge in [0, 0.05) is 19.0 Å². The lowest BCUT2D eigenvalue weighted by Gasteiger charge is -2.39. The summed E-state index contributed by atoms with van der Waals surface area (Å²) < 4.78 is 0. The van der Waals surface area contributed by atoms with Crippen molar-refractivity contribution in [3.05, 3.63) is 17.7 Å². The van der Waals surface area contributed by atoms with E-state index < -0.39 is 0 Å². The molecule has 1 saturated carbocycles. The number of hydrogen-bond acceptors (Lipinski definition) is 3. The number of aromatic nitrogens is 2. The Labute approximate surface area is 134 Å². The normalized spacial score (nSPS) is 19.0. The Hall–Kier alpha value is -0.830. The Morgan fingerprint density at radius 2 is 1.95 bits per heavy atom. The third-order valence-electron chi connectivity index (χ3n) is 4.74. The summed E-state index contributed by atoms with van der Waals surface area (Å²) in [5.74, 6) is 1.66. The Balaban J connectivity index is 2.17. The maximum absolute atomic E-state index is 6.12. The van der Waals surface area contributed by atoms with Gasteiger partial charge in [-0.05, 0) is 31.1 Å². The Morgan fingerprint density at radius 3 is 2.48 bits per heavy atom. The molecule has 1 aromatic rings. The topological polar surface area (TPSA) is 29.0 Å². The second-order valence-electron chi connectivity index (χ2n) is 7.35. The van der Waals surface area contributed by atoms with Crippen molar-refractivity contribution in [1.82, 2.24) is 9.97 Å². The summed E-state index contributed by atoms with van der Waals surface area (Å²) in [7, 11) is 2.16. The average Bonchev–Trinajstić information content (AvgIpc) is 2.45. The van der Waals surface area contributed by atoms with Gasteiger partial charge in [-0.15, -0.1) is 11.6 Å². The molecule has 0 unspecified atom stereocenters. The van der Waals surface area contributed by atoms with Crippen LogP contribution in [0.3, 0.4) is 0 Å². The van der Waals surface area contributed by atoms with E-state index in [-0.39, 0.29) is 0 Å². The highest BCUT2D eigenvalue weighted by atomic mass is 35.5. The molecule has 0 bridgehead atoms. The van der Waals surface area contributed by atoms with Crippen molar-refractivity contribution in [2.45, 2.75) is 71.2 Å². The van der Waals surface area contributed by atoms with Gasteiger partial charge in [-0.1, -0.05) is 27.7 Å². The molecule has 0 radical (unpaired) electrons. The van der Waals surface area contributed by atoms with E-state index in [1.807, 2.05) is 6.20 Å². The maximum atomic E-state index is 6.12. The van der Waals surface area contributed by atoms with Gasteiger partial charge < -0.3 is 4.90 Å². The molecule has 118 valence electrons. The number of alkyl halides is 1. The maximum Gasteiger partial charge on any atom is 0.131 e. The van der Waals surface area contributed by atoms with E-state index in [9.17, 15) is 0 Å². The van der Waals surface area contributed by atoms with Gasteiger partial charge in [-0.3, -0.25) is 0 Å². The average molecular weight is 310 g/mol. The van der Waals surface area contributed by atoms with Crippen molar-refractivity contribution in [3.8, 4) is 0 Å². The molecular weight excluding hydrogens is 282 g/mol. The van der Waals surface area contributed by atoms with Crippen molar-refractivity contribution in [2.75, 3.05) is 11.9 Å². The fourth-order valence-corrected chi connectivity index (χ4v) is 3.26. The predicted molar refractivity (Wildman–Crippen MR) is 90.1 cm³/mol. The number of rotatable bonds is 4. The van der Waals surface area contributed by atoms with Gasteiger partial charge >= 0.3 is 0 Å². The number of halogens is 1. The van der Waals surface area contributed by atoms with E-state index in [0.717, 1.165) is 17.2 Å². The summed E-state index contributed by atoms with van der Waals surface area (Å²) in [4.78, 5) is 11.5. The van der Waals surface area contributed by atoms with Gasteiger partial charge in [0.25, 0.3) is 0 Å². The summed E-state index contributed by atoms with van der Waals surface area (Å²) in [6.07, 6.45) is 6.99. The van der Waals surface area contributed by atoms with Crippen LogP contribution in [0.1, 0.15) is 70.8 Å². The molecule has 1 aliphatic carbocycles. The first-order chi connectivity index (χ1) is 9.84. The molecule has 1 aliphatic rings. The van der Waals surface area contributed by atoms with E-state index in [1.54, 1.807) is 0 Å². The van der Waals surface area contributed by atoms with Gasteiger partial charge in [0.15, 0.2) is 0 Å². The van der Waals surface area contributed by atoms with Crippen molar-refractivity contribution >= 4 is 17.3 Å². The highest BCUT2D eigenvalue weighted by molar-refractivity contribution is 6.17. The van der Waals surface area contributed by atoms with E-state index in [2.05, 4.69) is 49.6 Å². The third kappa shape index (κ3) is 3.88. The zero-order chi connectivity index (χ0) is 15.6. The molecule has 0 aliphatic heterocycles. The molecule has 0 saturated heterocycles. The van der Waals surface area contributed by atoms with Gasteiger partial charge in [0.1, 0.15) is 5.82 Å². The highest BCUT2D eigenvalue weighted by Gasteiger charge is 2.29. The molecule has 4 heteroatoms. The summed E-state index contributed by atoms with van der Waals surface area (Å²) in [5, 5.41) is 0. The van der Waals surface area contributed by atoms with E-state index in [1.165, 1.54) is 25.7 Å². The molecular formula is C17H28ClN3. The van der Waals surface area contributed by atoms with Crippen LogP contribution in [0.15, 0.2) is 6.20 Å². The standard InChI is InChI=1S/C17H28ClN3/c1-12(2)16-19-11-15(14(10-18)20-16)21(5)13-6-8-17(3,4)9-7-13/h11-13H,6-10H2,1-5H3. The fourth-order valence-electron chi connectivity index (χ4n) is 3.07. The van der Waals surface area contributed by atoms with Crippen LogP contribution < -0.4 is 4.90 Å². The van der Waals surface area contributed by atoms with Gasteiger partial charge in [-0.2, -0.15) is 0 Å². The smallest absolute Gasteiger partial charge is 0.131 e. The SMILES string of the molecule is CC(C)c1ncc(N(C)C2CCC(C)(C)CC2)c(CCl)n1. The first kappa shape index (κ1) is 16.5. The first-order valence-electron chi connectivity index (χ1n) is 7.98. The second kappa shape index (κ2) is 6.51. The molecule has 1 fully saturated rings. The lowest BCUT2D eigenvalue weighted by molar-refractivity contribution is 0.222. The largest absolute Gasteiger partial charge is 0.369 e. The third-order valence-corrected chi connectivity index (χ3v) is 5.00. The minimum absolute atomic E-state index is 0.335. The van der Waals surface area contributed by atoms with Crippen molar-refractivity contribution < 1.29 is 0 Å². The van der Waals surface area contributed by atoms with Crippen LogP contribution in [-0.4, -0.2) is 23.1 Å². The van der Waals surface area contributed by atoms with Crippen LogP contribution >= 0.6 is 11.6 Å².